The number of nitrogens with two attached hydrogens (primary N) is 1. The smallest absolute Gasteiger partial charge is 0.326 e. The van der Waals surface area contributed by atoms with Gasteiger partial charge in [-0.15, -0.1) is 0 Å². The molecule has 0 aliphatic heterocycles. The second-order valence-electron chi connectivity index (χ2n) is 6.40. The molecule has 0 aliphatic carbocycles. The molecule has 0 bridgehead atoms. The predicted octanol–water partition coefficient (Wildman–Crippen LogP) is -3.64. The largest absolute Gasteiger partial charge is 0.481 e. The molecule has 0 saturated heterocycles. The molecule has 5 unspecified atom stereocenters. The molecular weight excluding hydrogens is 392 g/mol. The Morgan fingerprint density at radius 1 is 0.828 bits per heavy atom. The van der Waals surface area contributed by atoms with E-state index in [1.807, 2.05) is 17.6 Å². The maximum absolute atomic E-state index is 12.2. The molecule has 0 aromatic carbocycles. The fourth-order valence-electron chi connectivity index (χ4n) is 2.09. The number of aliphatic carboxylic acids is 2. The summed E-state index contributed by atoms with van der Waals surface area (Å²) in [6.45, 7) is 1.75. The molecule has 0 saturated carbocycles. The van der Waals surface area contributed by atoms with Crippen LogP contribution in [0.1, 0.15) is 26.7 Å². The second kappa shape index (κ2) is 12.6. The summed E-state index contributed by atoms with van der Waals surface area (Å²) in [7, 11) is 0. The van der Waals surface area contributed by atoms with E-state index >= 15 is 0 Å². The summed E-state index contributed by atoms with van der Waals surface area (Å²) in [6, 6.07) is -5.85. The third-order valence-corrected chi connectivity index (χ3v) is 4.18. The minimum Gasteiger partial charge on any atom is -0.481 e. The molecule has 0 aromatic rings. The van der Waals surface area contributed by atoms with Crippen LogP contribution in [0.15, 0.2) is 0 Å². The number of aliphatic hydroxyl groups excluding tert-OH is 2. The number of carbonyl (C=O) groups is 5. The molecule has 29 heavy (non-hydrogen) atoms. The highest BCUT2D eigenvalue weighted by Crippen LogP contribution is 2.05. The first-order valence-electron chi connectivity index (χ1n) is 8.81. The van der Waals surface area contributed by atoms with Crippen LogP contribution in [0.4, 0.5) is 0 Å². The fourth-order valence-corrected chi connectivity index (χ4v) is 2.09. The average molecular weight is 420 g/mol. The van der Waals surface area contributed by atoms with Gasteiger partial charge in [-0.05, 0) is 5.92 Å². The number of hydrogen-bond donors (Lipinski definition) is 8. The minimum absolute atomic E-state index is 0.199. The van der Waals surface area contributed by atoms with E-state index in [2.05, 4.69) is 5.32 Å². The van der Waals surface area contributed by atoms with Crippen LogP contribution in [0.5, 0.6) is 0 Å². The van der Waals surface area contributed by atoms with Crippen LogP contribution in [-0.4, -0.2) is 87.5 Å². The first-order chi connectivity index (χ1) is 13.5. The van der Waals surface area contributed by atoms with Crippen LogP contribution in [0, 0.1) is 5.92 Å². The number of carboxylic acid groups (broad SMARTS) is 2. The maximum Gasteiger partial charge on any atom is 0.326 e. The standard InChI is InChI=1S/C16H28N4O9/c1-3-7(2)12(17)15(27)20-10(6-22)14(26)19-9(5-21)13(25)18-8(16(28)29)4-11(23)24/h7-10,12,21-22H,3-6,17H2,1-2H3,(H,18,25)(H,19,26)(H,20,27)(H,23,24)(H,28,29). The third kappa shape index (κ3) is 8.85. The Hall–Kier alpha value is -2.77. The number of carboxylic acids is 2. The fraction of sp³-hybridized carbons (Fsp3) is 0.688. The van der Waals surface area contributed by atoms with E-state index < -0.39 is 73.5 Å². The topological polar surface area (TPSA) is 228 Å². The molecule has 0 radical (unpaired) electrons. The van der Waals surface area contributed by atoms with Crippen LogP contribution in [0.3, 0.4) is 0 Å². The van der Waals surface area contributed by atoms with Gasteiger partial charge in [0.1, 0.15) is 18.1 Å². The summed E-state index contributed by atoms with van der Waals surface area (Å²) in [5, 5.41) is 42.4. The van der Waals surface area contributed by atoms with Gasteiger partial charge < -0.3 is 42.1 Å². The van der Waals surface area contributed by atoms with Gasteiger partial charge in [0.05, 0.1) is 25.7 Å². The van der Waals surface area contributed by atoms with E-state index in [1.54, 1.807) is 6.92 Å². The van der Waals surface area contributed by atoms with Crippen molar-refractivity contribution in [3.8, 4) is 0 Å². The molecule has 0 aromatic heterocycles. The van der Waals surface area contributed by atoms with E-state index in [0.717, 1.165) is 0 Å². The second-order valence-corrected chi connectivity index (χ2v) is 6.40. The van der Waals surface area contributed by atoms with Gasteiger partial charge in [0.25, 0.3) is 0 Å². The van der Waals surface area contributed by atoms with Crippen molar-refractivity contribution < 1.29 is 44.4 Å². The minimum atomic E-state index is -1.78. The lowest BCUT2D eigenvalue weighted by molar-refractivity contribution is -0.147. The van der Waals surface area contributed by atoms with Crippen LogP contribution >= 0.6 is 0 Å². The summed E-state index contributed by atoms with van der Waals surface area (Å²) < 4.78 is 0. The lowest BCUT2D eigenvalue weighted by Crippen LogP contribution is -2.59. The number of amides is 3. The molecular formula is C16H28N4O9. The monoisotopic (exact) mass is 420 g/mol. The number of rotatable bonds is 13. The van der Waals surface area contributed by atoms with Crippen molar-refractivity contribution in [3.05, 3.63) is 0 Å². The molecule has 13 nitrogen and oxygen atoms in total. The molecule has 0 heterocycles. The summed E-state index contributed by atoms with van der Waals surface area (Å²) in [6.07, 6.45) is -0.325. The Bertz CT molecular complexity index is 613. The zero-order valence-corrected chi connectivity index (χ0v) is 16.1. The van der Waals surface area contributed by atoms with Gasteiger partial charge in [-0.3, -0.25) is 19.2 Å². The van der Waals surface area contributed by atoms with Crippen molar-refractivity contribution in [2.75, 3.05) is 13.2 Å². The molecule has 0 fully saturated rings. The maximum atomic E-state index is 12.2. The van der Waals surface area contributed by atoms with E-state index in [-0.39, 0.29) is 5.92 Å². The van der Waals surface area contributed by atoms with E-state index in [4.69, 9.17) is 15.9 Å². The number of nitrogens with one attached hydrogen (secondary N) is 3. The lowest BCUT2D eigenvalue weighted by Gasteiger charge is -2.24. The van der Waals surface area contributed by atoms with Crippen LogP contribution in [-0.2, 0) is 24.0 Å². The van der Waals surface area contributed by atoms with Crippen LogP contribution in [0.25, 0.3) is 0 Å². The van der Waals surface area contributed by atoms with E-state index in [0.29, 0.717) is 6.42 Å². The Morgan fingerprint density at radius 3 is 1.59 bits per heavy atom. The van der Waals surface area contributed by atoms with Crippen molar-refractivity contribution in [1.29, 1.82) is 0 Å². The quantitative estimate of drug-likeness (QED) is 0.146. The number of carbonyl (C=O) groups excluding carboxylic acids is 3. The van der Waals surface area contributed by atoms with Gasteiger partial charge in [-0.25, -0.2) is 4.79 Å². The molecule has 13 heteroatoms. The Kier molecular flexibility index (Phi) is 11.4. The third-order valence-electron chi connectivity index (χ3n) is 4.18. The highest BCUT2D eigenvalue weighted by atomic mass is 16.4. The Morgan fingerprint density at radius 2 is 1.24 bits per heavy atom. The zero-order valence-electron chi connectivity index (χ0n) is 16.1. The number of aliphatic hydroxyl groups is 2. The predicted molar refractivity (Wildman–Crippen MR) is 97.3 cm³/mol. The molecule has 0 rings (SSSR count). The van der Waals surface area contributed by atoms with Crippen molar-refractivity contribution in [2.24, 2.45) is 11.7 Å². The summed E-state index contributed by atoms with van der Waals surface area (Å²) in [5.41, 5.74) is 5.74. The zero-order chi connectivity index (χ0) is 22.7. The van der Waals surface area contributed by atoms with Crippen LogP contribution < -0.4 is 21.7 Å². The van der Waals surface area contributed by atoms with Gasteiger partial charge in [0, 0.05) is 0 Å². The molecule has 0 spiro atoms. The van der Waals surface area contributed by atoms with Gasteiger partial charge >= 0.3 is 11.9 Å². The summed E-state index contributed by atoms with van der Waals surface area (Å²) in [4.78, 5) is 58.0. The van der Waals surface area contributed by atoms with Gasteiger partial charge in [0.2, 0.25) is 17.7 Å². The van der Waals surface area contributed by atoms with Crippen LogP contribution in [0.2, 0.25) is 0 Å². The summed E-state index contributed by atoms with van der Waals surface area (Å²) in [5.74, 6) is -6.20. The van der Waals surface area contributed by atoms with Gasteiger partial charge in [-0.2, -0.15) is 0 Å². The molecule has 9 N–H and O–H groups in total. The van der Waals surface area contributed by atoms with Crippen molar-refractivity contribution >= 4 is 29.7 Å². The Labute approximate surface area is 166 Å². The highest BCUT2D eigenvalue weighted by molar-refractivity contribution is 5.94. The van der Waals surface area contributed by atoms with Gasteiger partial charge in [-0.1, -0.05) is 20.3 Å². The normalized spacial score (nSPS) is 15.9. The van der Waals surface area contributed by atoms with E-state index in [9.17, 15) is 34.2 Å². The van der Waals surface area contributed by atoms with Gasteiger partial charge in [0.15, 0.2) is 0 Å². The van der Waals surface area contributed by atoms with Crippen molar-refractivity contribution in [3.63, 3.8) is 0 Å². The first kappa shape index (κ1) is 26.2. The SMILES string of the molecule is CCC(C)C(N)C(=O)NC(CO)C(=O)NC(CO)C(=O)NC(CC(=O)O)C(=O)O. The summed E-state index contributed by atoms with van der Waals surface area (Å²) >= 11 is 0. The molecule has 0 aliphatic rings. The lowest BCUT2D eigenvalue weighted by atomic mass is 9.99. The number of hydrogen-bond acceptors (Lipinski definition) is 8. The first-order valence-corrected chi connectivity index (χ1v) is 8.81. The average Bonchev–Trinajstić information content (AvgIpc) is 2.67. The van der Waals surface area contributed by atoms with E-state index in [1.165, 1.54) is 0 Å². The molecule has 5 atom stereocenters. The van der Waals surface area contributed by atoms with Crippen molar-refractivity contribution in [2.45, 2.75) is 50.9 Å². The van der Waals surface area contributed by atoms with Crippen molar-refractivity contribution in [1.82, 2.24) is 16.0 Å². The molecule has 3 amide bonds. The highest BCUT2D eigenvalue weighted by Gasteiger charge is 2.31. The Balaban J connectivity index is 5.04. The molecule has 166 valence electrons.